The average Bonchev–Trinajstić information content (AvgIpc) is 2.99. The van der Waals surface area contributed by atoms with Crippen LogP contribution in [0.25, 0.3) is 9.81 Å². The maximum absolute atomic E-state index is 6.19. The molecule has 0 atom stereocenters. The second kappa shape index (κ2) is 17.9. The molecule has 0 aromatic heterocycles. The van der Waals surface area contributed by atoms with E-state index < -0.39 is 0 Å². The predicted octanol–water partition coefficient (Wildman–Crippen LogP) is 9.57. The Bertz CT molecular complexity index is 1320. The number of thiol groups is 1. The second-order valence-corrected chi connectivity index (χ2v) is 11.5. The lowest BCUT2D eigenvalue weighted by Gasteiger charge is -2.24. The molecule has 236 valence electrons. The Morgan fingerprint density at radius 2 is 1.35 bits per heavy atom. The van der Waals surface area contributed by atoms with Crippen LogP contribution >= 0.6 is 24.4 Å². The van der Waals surface area contributed by atoms with Gasteiger partial charge < -0.3 is 28.4 Å². The number of benzene rings is 2. The molecule has 1 heterocycles. The molecular weight excluding hydrogens is 581 g/mol. The van der Waals surface area contributed by atoms with Gasteiger partial charge in [0.25, 0.3) is 0 Å². The van der Waals surface area contributed by atoms with Crippen LogP contribution in [0.15, 0.2) is 71.7 Å². The third kappa shape index (κ3) is 9.70. The van der Waals surface area contributed by atoms with Gasteiger partial charge in [-0.3, -0.25) is 0 Å². The standard InChI is InChI=1S/C33H42O6S2.C2H6/c1-20(2)23(7)33(30-25(35-9)13-11-15-27(30)39-22(5)6)41-19-16-28-31(37-18-17-36-28)32(40)29-24(34-8)12-10-14-26(29)38-21(3)4;1-2/h10-16,21-22,40H,1,17-19H2,2-9H3;1-2H3/b28-16-,32-31+,33-23-;. The Labute approximate surface area is 268 Å². The topological polar surface area (TPSA) is 55.4 Å². The van der Waals surface area contributed by atoms with Crippen molar-refractivity contribution >= 4 is 34.2 Å². The minimum atomic E-state index is -0.0248. The van der Waals surface area contributed by atoms with Crippen molar-refractivity contribution in [3.05, 3.63) is 82.8 Å². The van der Waals surface area contributed by atoms with Gasteiger partial charge in [0, 0.05) is 10.7 Å². The quantitative estimate of drug-likeness (QED) is 0.186. The molecule has 1 saturated heterocycles. The molecule has 43 heavy (non-hydrogen) atoms. The molecule has 2 aromatic carbocycles. The third-order valence-electron chi connectivity index (χ3n) is 6.11. The van der Waals surface area contributed by atoms with Gasteiger partial charge in [-0.2, -0.15) is 0 Å². The Kier molecular flexibility index (Phi) is 15.0. The van der Waals surface area contributed by atoms with Gasteiger partial charge in [0.1, 0.15) is 36.2 Å². The Hall–Kier alpha value is -3.10. The van der Waals surface area contributed by atoms with Crippen LogP contribution in [0, 0.1) is 0 Å². The SMILES string of the molecule is C=C(C)/C(C)=C(\SC/C=C1\OCCO\C1=C(\S)c1c(OC)cccc1OC(C)C)c1c(OC)cccc1OC(C)C.CC. The smallest absolute Gasteiger partial charge is 0.175 e. The van der Waals surface area contributed by atoms with Gasteiger partial charge in [-0.05, 0) is 77.5 Å². The molecule has 8 heteroatoms. The van der Waals surface area contributed by atoms with E-state index in [0.717, 1.165) is 33.1 Å². The molecule has 0 radical (unpaired) electrons. The van der Waals surface area contributed by atoms with Gasteiger partial charge in [-0.1, -0.05) is 38.1 Å². The summed E-state index contributed by atoms with van der Waals surface area (Å²) < 4.78 is 35.9. The summed E-state index contributed by atoms with van der Waals surface area (Å²) in [4.78, 5) is 1.61. The van der Waals surface area contributed by atoms with Gasteiger partial charge in [0.15, 0.2) is 11.5 Å². The van der Waals surface area contributed by atoms with E-state index in [4.69, 9.17) is 41.0 Å². The van der Waals surface area contributed by atoms with E-state index in [9.17, 15) is 0 Å². The minimum absolute atomic E-state index is 0.00759. The van der Waals surface area contributed by atoms with Crippen LogP contribution in [-0.4, -0.2) is 45.4 Å². The van der Waals surface area contributed by atoms with Crippen molar-refractivity contribution in [2.45, 2.75) is 67.6 Å². The van der Waals surface area contributed by atoms with Crippen LogP contribution in [0.3, 0.4) is 0 Å². The number of hydrogen-bond donors (Lipinski definition) is 1. The van der Waals surface area contributed by atoms with Gasteiger partial charge in [0.2, 0.25) is 0 Å². The number of rotatable bonds is 12. The van der Waals surface area contributed by atoms with Gasteiger partial charge in [-0.25, -0.2) is 0 Å². The van der Waals surface area contributed by atoms with E-state index in [1.807, 2.05) is 90.9 Å². The van der Waals surface area contributed by atoms with Crippen molar-refractivity contribution in [1.82, 2.24) is 0 Å². The first kappa shape index (κ1) is 36.1. The molecule has 0 spiro atoms. The molecule has 1 aliphatic rings. The summed E-state index contributed by atoms with van der Waals surface area (Å²) in [5, 5.41) is 0. The molecule has 3 rings (SSSR count). The van der Waals surface area contributed by atoms with E-state index >= 15 is 0 Å². The normalized spacial score (nSPS) is 15.5. The zero-order valence-corrected chi connectivity index (χ0v) is 29.0. The fourth-order valence-corrected chi connectivity index (χ4v) is 5.70. The highest BCUT2D eigenvalue weighted by atomic mass is 32.2. The van der Waals surface area contributed by atoms with Crippen molar-refractivity contribution in [2.24, 2.45) is 0 Å². The lowest BCUT2D eigenvalue weighted by molar-refractivity contribution is 0.0610. The highest BCUT2D eigenvalue weighted by Gasteiger charge is 2.25. The number of ether oxygens (including phenoxy) is 6. The van der Waals surface area contributed by atoms with Crippen LogP contribution in [0.5, 0.6) is 23.0 Å². The maximum Gasteiger partial charge on any atom is 0.175 e. The van der Waals surface area contributed by atoms with Crippen LogP contribution < -0.4 is 18.9 Å². The Morgan fingerprint density at radius 3 is 1.86 bits per heavy atom. The highest BCUT2D eigenvalue weighted by molar-refractivity contribution is 8.08. The molecule has 0 N–H and O–H groups in total. The molecule has 6 nitrogen and oxygen atoms in total. The van der Waals surface area contributed by atoms with Crippen LogP contribution in [-0.2, 0) is 9.47 Å². The van der Waals surface area contributed by atoms with Crippen molar-refractivity contribution in [3.63, 3.8) is 0 Å². The van der Waals surface area contributed by atoms with E-state index in [1.54, 1.807) is 26.0 Å². The van der Waals surface area contributed by atoms with Crippen LogP contribution in [0.2, 0.25) is 0 Å². The zero-order valence-electron chi connectivity index (χ0n) is 27.3. The summed E-state index contributed by atoms with van der Waals surface area (Å²) in [6.45, 7) is 21.1. The highest BCUT2D eigenvalue weighted by Crippen LogP contribution is 2.45. The van der Waals surface area contributed by atoms with Crippen molar-refractivity contribution in [3.8, 4) is 23.0 Å². The lowest BCUT2D eigenvalue weighted by Crippen LogP contribution is -2.16. The van der Waals surface area contributed by atoms with Gasteiger partial charge in [0.05, 0.1) is 42.5 Å². The van der Waals surface area contributed by atoms with Gasteiger partial charge >= 0.3 is 0 Å². The molecule has 0 bridgehead atoms. The molecule has 0 saturated carbocycles. The molecule has 1 aliphatic heterocycles. The number of thioether (sulfide) groups is 1. The number of hydrogen-bond acceptors (Lipinski definition) is 8. The summed E-state index contributed by atoms with van der Waals surface area (Å²) in [6.07, 6.45) is 1.99. The Balaban J connectivity index is 0.00000316. The fourth-order valence-electron chi connectivity index (χ4n) is 4.17. The van der Waals surface area contributed by atoms with E-state index in [2.05, 4.69) is 13.5 Å². The maximum atomic E-state index is 6.19. The van der Waals surface area contributed by atoms with E-state index in [1.165, 1.54) is 0 Å². The first-order valence-electron chi connectivity index (χ1n) is 14.7. The fraction of sp³-hybridized carbons (Fsp3) is 0.429. The number of methoxy groups -OCH3 is 2. The molecule has 0 aliphatic carbocycles. The Morgan fingerprint density at radius 1 is 0.860 bits per heavy atom. The summed E-state index contributed by atoms with van der Waals surface area (Å²) in [5.74, 6) is 4.55. The third-order valence-corrected chi connectivity index (χ3v) is 7.67. The van der Waals surface area contributed by atoms with E-state index in [0.29, 0.717) is 52.5 Å². The van der Waals surface area contributed by atoms with Gasteiger partial charge in [-0.15, -0.1) is 24.4 Å². The lowest BCUT2D eigenvalue weighted by atomic mass is 10.0. The minimum Gasteiger partial charge on any atom is -0.496 e. The summed E-state index contributed by atoms with van der Waals surface area (Å²) >= 11 is 6.56. The van der Waals surface area contributed by atoms with Crippen molar-refractivity contribution in [1.29, 1.82) is 0 Å². The average molecular weight is 629 g/mol. The monoisotopic (exact) mass is 628 g/mol. The molecule has 0 amide bonds. The molecular formula is C35H48O6S2. The second-order valence-electron chi connectivity index (χ2n) is 9.99. The predicted molar refractivity (Wildman–Crippen MR) is 185 cm³/mol. The van der Waals surface area contributed by atoms with Crippen LogP contribution in [0.1, 0.15) is 66.5 Å². The molecule has 0 unspecified atom stereocenters. The van der Waals surface area contributed by atoms with Crippen molar-refractivity contribution in [2.75, 3.05) is 33.2 Å². The summed E-state index contributed by atoms with van der Waals surface area (Å²) in [5.41, 5.74) is 3.64. The molecule has 1 fully saturated rings. The zero-order chi connectivity index (χ0) is 32.1. The summed E-state index contributed by atoms with van der Waals surface area (Å²) in [7, 11) is 3.30. The first-order valence-corrected chi connectivity index (χ1v) is 16.1. The van der Waals surface area contributed by atoms with Crippen LogP contribution in [0.4, 0.5) is 0 Å². The molecule has 2 aromatic rings. The summed E-state index contributed by atoms with van der Waals surface area (Å²) in [6, 6.07) is 11.5. The largest absolute Gasteiger partial charge is 0.496 e. The first-order chi connectivity index (χ1) is 20.6. The number of allylic oxidation sites excluding steroid dienone is 2. The van der Waals surface area contributed by atoms with Crippen molar-refractivity contribution < 1.29 is 28.4 Å². The van der Waals surface area contributed by atoms with E-state index in [-0.39, 0.29) is 12.2 Å².